The summed E-state index contributed by atoms with van der Waals surface area (Å²) in [5.41, 5.74) is -2.29. The minimum Gasteiger partial charge on any atom is -0.389 e. The second kappa shape index (κ2) is 4.63. The summed E-state index contributed by atoms with van der Waals surface area (Å²) in [4.78, 5) is 13.0. The molecule has 0 radical (unpaired) electrons. The fourth-order valence-electron chi connectivity index (χ4n) is 7.03. The maximum atomic E-state index is 13.0. The monoisotopic (exact) mass is 336 g/mol. The SMILES string of the molecule is CC(C)C12CCC3(C)C4CCC(C)(O)C4C(=O)CC(C)(O)C(O1)C32. The van der Waals surface area contributed by atoms with Crippen molar-refractivity contribution in [2.45, 2.75) is 89.6 Å². The van der Waals surface area contributed by atoms with Gasteiger partial charge in [-0.2, -0.15) is 0 Å². The van der Waals surface area contributed by atoms with Crippen molar-refractivity contribution in [1.82, 2.24) is 0 Å². The second-order valence-electron chi connectivity index (χ2n) is 10.1. The largest absolute Gasteiger partial charge is 0.389 e. The Balaban J connectivity index is 1.84. The van der Waals surface area contributed by atoms with Gasteiger partial charge in [0.2, 0.25) is 0 Å². The molecule has 8 unspecified atom stereocenters. The van der Waals surface area contributed by atoms with E-state index in [9.17, 15) is 15.0 Å². The molecule has 0 bridgehead atoms. The van der Waals surface area contributed by atoms with Gasteiger partial charge in [-0.3, -0.25) is 4.79 Å². The van der Waals surface area contributed by atoms with E-state index in [2.05, 4.69) is 20.8 Å². The van der Waals surface area contributed by atoms with Crippen LogP contribution in [0.3, 0.4) is 0 Å². The summed E-state index contributed by atoms with van der Waals surface area (Å²) in [7, 11) is 0. The van der Waals surface area contributed by atoms with E-state index in [1.807, 2.05) is 6.92 Å². The molecule has 8 atom stereocenters. The Labute approximate surface area is 145 Å². The molecule has 3 aliphatic carbocycles. The van der Waals surface area contributed by atoms with Crippen molar-refractivity contribution in [1.29, 1.82) is 0 Å². The highest BCUT2D eigenvalue weighted by Gasteiger charge is 2.75. The number of hydrogen-bond donors (Lipinski definition) is 2. The van der Waals surface area contributed by atoms with E-state index >= 15 is 0 Å². The lowest BCUT2D eigenvalue weighted by molar-refractivity contribution is -0.337. The molecule has 4 nitrogen and oxygen atoms in total. The van der Waals surface area contributed by atoms with Crippen LogP contribution in [0.1, 0.15) is 66.7 Å². The van der Waals surface area contributed by atoms with Crippen molar-refractivity contribution >= 4 is 5.78 Å². The molecule has 136 valence electrons. The molecule has 24 heavy (non-hydrogen) atoms. The van der Waals surface area contributed by atoms with E-state index in [1.54, 1.807) is 6.92 Å². The Bertz CT molecular complexity index is 580. The van der Waals surface area contributed by atoms with Crippen LogP contribution in [0.15, 0.2) is 0 Å². The van der Waals surface area contributed by atoms with Gasteiger partial charge in [-0.05, 0) is 56.8 Å². The number of hydrogen-bond acceptors (Lipinski definition) is 4. The van der Waals surface area contributed by atoms with Crippen molar-refractivity contribution < 1.29 is 19.7 Å². The molecule has 1 saturated heterocycles. The smallest absolute Gasteiger partial charge is 0.142 e. The lowest BCUT2D eigenvalue weighted by atomic mass is 9.53. The summed E-state index contributed by atoms with van der Waals surface area (Å²) in [5.74, 6) is 0.540. The zero-order chi connectivity index (χ0) is 17.7. The molecule has 2 N–H and O–H groups in total. The number of carbonyl (C=O) groups excluding carboxylic acids is 1. The first-order valence-corrected chi connectivity index (χ1v) is 9.61. The van der Waals surface area contributed by atoms with E-state index in [0.717, 1.165) is 19.3 Å². The third-order valence-corrected chi connectivity index (χ3v) is 8.29. The van der Waals surface area contributed by atoms with Gasteiger partial charge in [-0.1, -0.05) is 20.8 Å². The van der Waals surface area contributed by atoms with E-state index in [0.29, 0.717) is 12.3 Å². The first-order chi connectivity index (χ1) is 11.0. The van der Waals surface area contributed by atoms with Crippen LogP contribution in [0, 0.1) is 29.1 Å². The molecule has 4 heteroatoms. The molecular weight excluding hydrogens is 304 g/mol. The second-order valence-corrected chi connectivity index (χ2v) is 10.1. The molecule has 0 aromatic heterocycles. The fraction of sp³-hybridized carbons (Fsp3) is 0.950. The van der Waals surface area contributed by atoms with Crippen LogP contribution in [0.2, 0.25) is 0 Å². The minimum atomic E-state index is -1.14. The number of rotatable bonds is 1. The van der Waals surface area contributed by atoms with Crippen LogP contribution in [-0.4, -0.2) is 38.9 Å². The van der Waals surface area contributed by atoms with Gasteiger partial charge in [0.25, 0.3) is 0 Å². The number of ether oxygens (including phenoxy) is 1. The minimum absolute atomic E-state index is 0.0183. The average molecular weight is 336 g/mol. The number of Topliss-reactive ketones (excluding diaryl/α,β-unsaturated/α-hetero) is 1. The molecule has 1 aliphatic heterocycles. The van der Waals surface area contributed by atoms with Crippen LogP contribution >= 0.6 is 0 Å². The lowest BCUT2D eigenvalue weighted by Gasteiger charge is -2.64. The van der Waals surface area contributed by atoms with Crippen molar-refractivity contribution in [3.63, 3.8) is 0 Å². The molecule has 0 aromatic carbocycles. The van der Waals surface area contributed by atoms with E-state index < -0.39 is 11.2 Å². The topological polar surface area (TPSA) is 66.8 Å². The highest BCUT2D eigenvalue weighted by atomic mass is 16.6. The van der Waals surface area contributed by atoms with Crippen LogP contribution in [0.25, 0.3) is 0 Å². The number of aliphatic hydroxyl groups is 2. The molecule has 0 spiro atoms. The third kappa shape index (κ3) is 1.83. The van der Waals surface area contributed by atoms with Crippen molar-refractivity contribution in [2.24, 2.45) is 29.1 Å². The Morgan fingerprint density at radius 2 is 1.75 bits per heavy atom. The van der Waals surface area contributed by atoms with E-state index in [4.69, 9.17) is 4.74 Å². The van der Waals surface area contributed by atoms with Crippen LogP contribution in [0.5, 0.6) is 0 Å². The van der Waals surface area contributed by atoms with Crippen molar-refractivity contribution in [2.75, 3.05) is 0 Å². The quantitative estimate of drug-likeness (QED) is 0.773. The standard InChI is InChI=1S/C20H32O4/c1-11(2)20-9-8-17(3)12-6-7-18(4,22)14(12)13(21)10-19(5,23)16(24-20)15(17)20/h11-12,14-16,22-23H,6-10H2,1-5H3. The van der Waals surface area contributed by atoms with E-state index in [-0.39, 0.29) is 47.1 Å². The number of ketones is 1. The number of fused-ring (bicyclic) bond motifs is 2. The van der Waals surface area contributed by atoms with Gasteiger partial charge >= 0.3 is 0 Å². The first kappa shape index (κ1) is 17.0. The van der Waals surface area contributed by atoms with Gasteiger partial charge in [0.1, 0.15) is 5.78 Å². The average Bonchev–Trinajstić information content (AvgIpc) is 2.81. The lowest BCUT2D eigenvalue weighted by Crippen LogP contribution is -2.72. The maximum Gasteiger partial charge on any atom is 0.142 e. The molecule has 0 aromatic rings. The predicted octanol–water partition coefficient (Wildman–Crippen LogP) is 2.70. The zero-order valence-electron chi connectivity index (χ0n) is 15.6. The predicted molar refractivity (Wildman–Crippen MR) is 90.4 cm³/mol. The van der Waals surface area contributed by atoms with Crippen molar-refractivity contribution in [3.8, 4) is 0 Å². The molecule has 4 fully saturated rings. The summed E-state index contributed by atoms with van der Waals surface area (Å²) < 4.78 is 6.38. The summed E-state index contributed by atoms with van der Waals surface area (Å²) in [6, 6.07) is 0. The summed E-state index contributed by atoms with van der Waals surface area (Å²) in [5, 5.41) is 22.0. The van der Waals surface area contributed by atoms with Gasteiger partial charge in [0.15, 0.2) is 0 Å². The number of carbonyl (C=O) groups is 1. The maximum absolute atomic E-state index is 13.0. The van der Waals surface area contributed by atoms with Gasteiger partial charge in [-0.25, -0.2) is 0 Å². The van der Waals surface area contributed by atoms with Gasteiger partial charge in [0.05, 0.1) is 22.9 Å². The first-order valence-electron chi connectivity index (χ1n) is 9.61. The highest BCUT2D eigenvalue weighted by molar-refractivity contribution is 5.84. The van der Waals surface area contributed by atoms with Crippen LogP contribution < -0.4 is 0 Å². The Kier molecular flexibility index (Phi) is 3.28. The highest BCUT2D eigenvalue weighted by Crippen LogP contribution is 2.70. The Morgan fingerprint density at radius 1 is 1.08 bits per heavy atom. The third-order valence-electron chi connectivity index (χ3n) is 8.29. The summed E-state index contributed by atoms with van der Waals surface area (Å²) in [6.45, 7) is 10.3. The summed E-state index contributed by atoms with van der Waals surface area (Å²) in [6.07, 6.45) is 3.43. The van der Waals surface area contributed by atoms with E-state index in [1.165, 1.54) is 0 Å². The molecule has 1 heterocycles. The molecule has 3 saturated carbocycles. The molecule has 4 aliphatic rings. The van der Waals surface area contributed by atoms with Gasteiger partial charge in [0, 0.05) is 18.3 Å². The normalized spacial score (nSPS) is 59.6. The van der Waals surface area contributed by atoms with Gasteiger partial charge < -0.3 is 14.9 Å². The summed E-state index contributed by atoms with van der Waals surface area (Å²) >= 11 is 0. The molecular formula is C20H32O4. The van der Waals surface area contributed by atoms with Crippen LogP contribution in [0.4, 0.5) is 0 Å². The Hall–Kier alpha value is -0.450. The Morgan fingerprint density at radius 3 is 2.38 bits per heavy atom. The fourth-order valence-corrected chi connectivity index (χ4v) is 7.03. The van der Waals surface area contributed by atoms with Crippen LogP contribution in [-0.2, 0) is 9.53 Å². The molecule has 4 rings (SSSR count). The molecule has 0 amide bonds. The van der Waals surface area contributed by atoms with Gasteiger partial charge in [-0.15, -0.1) is 0 Å². The zero-order valence-corrected chi connectivity index (χ0v) is 15.6. The van der Waals surface area contributed by atoms with Crippen molar-refractivity contribution in [3.05, 3.63) is 0 Å².